The smallest absolute Gasteiger partial charge is 0.0599 e. The molecule has 80 valence electrons. The van der Waals surface area contributed by atoms with Crippen molar-refractivity contribution >= 4 is 0 Å². The van der Waals surface area contributed by atoms with Crippen molar-refractivity contribution < 1.29 is 0 Å². The van der Waals surface area contributed by atoms with E-state index >= 15 is 0 Å². The maximum atomic E-state index is 5.33. The van der Waals surface area contributed by atoms with Crippen molar-refractivity contribution in [1.82, 2.24) is 10.2 Å². The van der Waals surface area contributed by atoms with Gasteiger partial charge in [-0.15, -0.1) is 6.42 Å². The highest BCUT2D eigenvalue weighted by Crippen LogP contribution is 2.16. The summed E-state index contributed by atoms with van der Waals surface area (Å²) < 4.78 is 0. The SMILES string of the molecule is C#CCN(CC)CC1NCCCC1C. The lowest BCUT2D eigenvalue weighted by molar-refractivity contribution is 0.211. The van der Waals surface area contributed by atoms with Crippen molar-refractivity contribution in [1.29, 1.82) is 0 Å². The van der Waals surface area contributed by atoms with Crippen molar-refractivity contribution in [2.45, 2.75) is 32.7 Å². The van der Waals surface area contributed by atoms with E-state index in [1.807, 2.05) is 0 Å². The molecule has 1 N–H and O–H groups in total. The Labute approximate surface area is 88.1 Å². The molecule has 0 saturated carbocycles. The lowest BCUT2D eigenvalue weighted by atomic mass is 9.92. The fourth-order valence-corrected chi connectivity index (χ4v) is 2.07. The maximum absolute atomic E-state index is 5.33. The summed E-state index contributed by atoms with van der Waals surface area (Å²) >= 11 is 0. The minimum Gasteiger partial charge on any atom is -0.312 e. The minimum absolute atomic E-state index is 0.636. The molecule has 1 aliphatic heterocycles. The zero-order valence-corrected chi connectivity index (χ0v) is 9.42. The van der Waals surface area contributed by atoms with Crippen molar-refractivity contribution in [2.75, 3.05) is 26.2 Å². The van der Waals surface area contributed by atoms with Gasteiger partial charge in [0.15, 0.2) is 0 Å². The summed E-state index contributed by atoms with van der Waals surface area (Å²) in [5.41, 5.74) is 0. The van der Waals surface area contributed by atoms with Gasteiger partial charge in [0.2, 0.25) is 0 Å². The maximum Gasteiger partial charge on any atom is 0.0599 e. The molecule has 14 heavy (non-hydrogen) atoms. The zero-order chi connectivity index (χ0) is 10.4. The molecule has 2 atom stereocenters. The quantitative estimate of drug-likeness (QED) is 0.679. The van der Waals surface area contributed by atoms with Crippen LogP contribution in [0.4, 0.5) is 0 Å². The second-order valence-electron chi connectivity index (χ2n) is 4.21. The van der Waals surface area contributed by atoms with Gasteiger partial charge in [-0.25, -0.2) is 0 Å². The molecule has 0 aromatic carbocycles. The first-order valence-corrected chi connectivity index (χ1v) is 5.67. The second-order valence-corrected chi connectivity index (χ2v) is 4.21. The predicted octanol–water partition coefficient (Wildman–Crippen LogP) is 1.33. The van der Waals surface area contributed by atoms with Crippen LogP contribution >= 0.6 is 0 Å². The molecule has 2 heteroatoms. The Morgan fingerprint density at radius 3 is 2.93 bits per heavy atom. The molecular weight excluding hydrogens is 172 g/mol. The van der Waals surface area contributed by atoms with Gasteiger partial charge >= 0.3 is 0 Å². The third kappa shape index (κ3) is 3.32. The Morgan fingerprint density at radius 1 is 1.57 bits per heavy atom. The Hall–Kier alpha value is -0.520. The first-order chi connectivity index (χ1) is 6.77. The van der Waals surface area contributed by atoms with Gasteiger partial charge in [-0.05, 0) is 31.8 Å². The van der Waals surface area contributed by atoms with Gasteiger partial charge in [-0.1, -0.05) is 19.8 Å². The van der Waals surface area contributed by atoms with Gasteiger partial charge in [-0.3, -0.25) is 4.90 Å². The molecule has 0 spiro atoms. The van der Waals surface area contributed by atoms with E-state index in [1.54, 1.807) is 0 Å². The van der Waals surface area contributed by atoms with E-state index in [0.717, 1.165) is 25.6 Å². The standard InChI is InChI=1S/C12H22N2/c1-4-9-14(5-2)10-12-11(3)7-6-8-13-12/h1,11-13H,5-10H2,2-3H3. The highest BCUT2D eigenvalue weighted by molar-refractivity contribution is 4.90. The van der Waals surface area contributed by atoms with Crippen LogP contribution in [-0.2, 0) is 0 Å². The average Bonchev–Trinajstić information content (AvgIpc) is 2.20. The van der Waals surface area contributed by atoms with Crippen LogP contribution in [0.25, 0.3) is 0 Å². The van der Waals surface area contributed by atoms with Crippen molar-refractivity contribution in [3.63, 3.8) is 0 Å². The lowest BCUT2D eigenvalue weighted by Gasteiger charge is -2.33. The first kappa shape index (κ1) is 11.6. The van der Waals surface area contributed by atoms with Gasteiger partial charge < -0.3 is 5.32 Å². The molecule has 0 aliphatic carbocycles. The van der Waals surface area contributed by atoms with Gasteiger partial charge in [0.05, 0.1) is 6.54 Å². The van der Waals surface area contributed by atoms with Gasteiger partial charge in [0.25, 0.3) is 0 Å². The normalized spacial score (nSPS) is 27.6. The van der Waals surface area contributed by atoms with Crippen LogP contribution in [0, 0.1) is 18.3 Å². The van der Waals surface area contributed by atoms with Gasteiger partial charge in [0, 0.05) is 12.6 Å². The molecule has 1 fully saturated rings. The van der Waals surface area contributed by atoms with Crippen LogP contribution in [0.5, 0.6) is 0 Å². The molecule has 0 radical (unpaired) electrons. The van der Waals surface area contributed by atoms with Crippen LogP contribution in [-0.4, -0.2) is 37.1 Å². The fraction of sp³-hybridized carbons (Fsp3) is 0.833. The third-order valence-corrected chi connectivity index (χ3v) is 3.15. The summed E-state index contributed by atoms with van der Waals surface area (Å²) in [7, 11) is 0. The number of hydrogen-bond donors (Lipinski definition) is 1. The predicted molar refractivity (Wildman–Crippen MR) is 61.1 cm³/mol. The van der Waals surface area contributed by atoms with E-state index < -0.39 is 0 Å². The summed E-state index contributed by atoms with van der Waals surface area (Å²) in [5.74, 6) is 3.51. The second kappa shape index (κ2) is 6.06. The van der Waals surface area contributed by atoms with Crippen LogP contribution in [0.3, 0.4) is 0 Å². The van der Waals surface area contributed by atoms with E-state index in [0.29, 0.717) is 6.04 Å². The van der Waals surface area contributed by atoms with E-state index in [-0.39, 0.29) is 0 Å². The van der Waals surface area contributed by atoms with E-state index in [4.69, 9.17) is 6.42 Å². The van der Waals surface area contributed by atoms with Crippen molar-refractivity contribution in [3.8, 4) is 12.3 Å². The average molecular weight is 194 g/mol. The van der Waals surface area contributed by atoms with E-state index in [9.17, 15) is 0 Å². The third-order valence-electron chi connectivity index (χ3n) is 3.15. The molecule has 1 saturated heterocycles. The van der Waals surface area contributed by atoms with Crippen LogP contribution in [0.2, 0.25) is 0 Å². The fourth-order valence-electron chi connectivity index (χ4n) is 2.07. The largest absolute Gasteiger partial charge is 0.312 e. The number of terminal acetylenes is 1. The van der Waals surface area contributed by atoms with Gasteiger partial charge in [0.1, 0.15) is 0 Å². The highest BCUT2D eigenvalue weighted by Gasteiger charge is 2.21. The Kier molecular flexibility index (Phi) is 5.00. The molecule has 0 amide bonds. The lowest BCUT2D eigenvalue weighted by Crippen LogP contribution is -2.48. The molecule has 2 unspecified atom stereocenters. The topological polar surface area (TPSA) is 15.3 Å². The highest BCUT2D eigenvalue weighted by atomic mass is 15.1. The Morgan fingerprint density at radius 2 is 2.36 bits per heavy atom. The van der Waals surface area contributed by atoms with Crippen molar-refractivity contribution in [2.24, 2.45) is 5.92 Å². The number of nitrogens with zero attached hydrogens (tertiary/aromatic N) is 1. The Balaban J connectivity index is 2.36. The summed E-state index contributed by atoms with van der Waals surface area (Å²) in [5, 5.41) is 3.58. The molecule has 0 aromatic rings. The monoisotopic (exact) mass is 194 g/mol. The van der Waals surface area contributed by atoms with Crippen LogP contribution < -0.4 is 5.32 Å². The number of hydrogen-bond acceptors (Lipinski definition) is 2. The summed E-state index contributed by atoms with van der Waals surface area (Å²) in [4.78, 5) is 2.33. The summed E-state index contributed by atoms with van der Waals surface area (Å²) in [6.45, 7) is 8.60. The summed E-state index contributed by atoms with van der Waals surface area (Å²) in [6, 6.07) is 0.636. The number of piperidine rings is 1. The summed E-state index contributed by atoms with van der Waals surface area (Å²) in [6.07, 6.45) is 8.00. The molecular formula is C12H22N2. The molecule has 1 aliphatic rings. The molecule has 2 nitrogen and oxygen atoms in total. The van der Waals surface area contributed by atoms with E-state index in [2.05, 4.69) is 30.0 Å². The van der Waals surface area contributed by atoms with Gasteiger partial charge in [-0.2, -0.15) is 0 Å². The molecule has 1 rings (SSSR count). The van der Waals surface area contributed by atoms with E-state index in [1.165, 1.54) is 19.4 Å². The van der Waals surface area contributed by atoms with Crippen molar-refractivity contribution in [3.05, 3.63) is 0 Å². The van der Waals surface area contributed by atoms with Crippen LogP contribution in [0.1, 0.15) is 26.7 Å². The molecule has 0 aromatic heterocycles. The number of nitrogens with one attached hydrogen (secondary N) is 1. The Bertz CT molecular complexity index is 195. The minimum atomic E-state index is 0.636. The number of likely N-dealkylation sites (N-methyl/N-ethyl adjacent to an activating group) is 1. The zero-order valence-electron chi connectivity index (χ0n) is 9.42. The molecule has 0 bridgehead atoms. The van der Waals surface area contributed by atoms with Crippen LogP contribution in [0.15, 0.2) is 0 Å². The number of rotatable bonds is 4. The first-order valence-electron chi connectivity index (χ1n) is 5.67. The molecule has 1 heterocycles.